The maximum absolute atomic E-state index is 2.50. The van der Waals surface area contributed by atoms with Gasteiger partial charge in [0.2, 0.25) is 0 Å². The molecule has 10 aromatic carbocycles. The van der Waals surface area contributed by atoms with Crippen LogP contribution in [0.1, 0.15) is 25.0 Å². The Labute approximate surface area is 327 Å². The summed E-state index contributed by atoms with van der Waals surface area (Å²) in [6, 6.07) is 74.0. The van der Waals surface area contributed by atoms with Gasteiger partial charge < -0.3 is 4.90 Å². The minimum absolute atomic E-state index is 0.180. The molecule has 1 aliphatic rings. The Hall–Kier alpha value is -6.96. The Morgan fingerprint density at radius 3 is 1.55 bits per heavy atom. The van der Waals surface area contributed by atoms with Crippen molar-refractivity contribution in [2.75, 3.05) is 4.90 Å². The molecular formula is C55H39N. The number of hydrogen-bond acceptors (Lipinski definition) is 1. The zero-order valence-electron chi connectivity index (χ0n) is 31.5. The Bertz CT molecular complexity index is 3100. The summed E-state index contributed by atoms with van der Waals surface area (Å²) < 4.78 is 0. The molecule has 1 heteroatoms. The molecular weight excluding hydrogens is 675 g/mol. The molecule has 0 aliphatic heterocycles. The van der Waals surface area contributed by atoms with E-state index < -0.39 is 0 Å². The normalized spacial score (nSPS) is 13.0. The number of anilines is 3. The van der Waals surface area contributed by atoms with E-state index in [2.05, 4.69) is 219 Å². The third kappa shape index (κ3) is 4.94. The molecule has 0 radical (unpaired) electrons. The third-order valence-corrected chi connectivity index (χ3v) is 12.2. The van der Waals surface area contributed by atoms with E-state index in [1.165, 1.54) is 93.3 Å². The summed E-state index contributed by atoms with van der Waals surface area (Å²) in [7, 11) is 0. The summed E-state index contributed by atoms with van der Waals surface area (Å²) in [5.41, 5.74) is 13.4. The van der Waals surface area contributed by atoms with Gasteiger partial charge in [-0.25, -0.2) is 0 Å². The van der Waals surface area contributed by atoms with Crippen molar-refractivity contribution in [2.24, 2.45) is 0 Å². The Balaban J connectivity index is 1.22. The molecule has 264 valence electrons. The largest absolute Gasteiger partial charge is 0.310 e. The number of nitrogens with zero attached hydrogens (tertiary/aromatic N) is 1. The molecule has 0 saturated heterocycles. The van der Waals surface area contributed by atoms with E-state index in [1.54, 1.807) is 0 Å². The van der Waals surface area contributed by atoms with Crippen LogP contribution in [-0.4, -0.2) is 0 Å². The number of fused-ring (bicyclic) bond motifs is 8. The first-order valence-electron chi connectivity index (χ1n) is 19.6. The van der Waals surface area contributed by atoms with Crippen molar-refractivity contribution >= 4 is 60.2 Å². The SMILES string of the molecule is CC1(C)c2ccc(-c3ccccc3)cc2-c2c(N(c3ccc(-c4ccccc4)cc3)c3ccc4c5ccccc5c5ccccc5c4c3)ccc3cccc1c23. The van der Waals surface area contributed by atoms with Gasteiger partial charge in [0, 0.05) is 22.4 Å². The molecule has 0 spiro atoms. The topological polar surface area (TPSA) is 3.24 Å². The summed E-state index contributed by atoms with van der Waals surface area (Å²) in [6.07, 6.45) is 0. The van der Waals surface area contributed by atoms with Crippen LogP contribution in [-0.2, 0) is 5.41 Å². The summed E-state index contributed by atoms with van der Waals surface area (Å²) in [5.74, 6) is 0. The second kappa shape index (κ2) is 12.5. The van der Waals surface area contributed by atoms with E-state index >= 15 is 0 Å². The van der Waals surface area contributed by atoms with E-state index in [0.717, 1.165) is 11.4 Å². The number of benzene rings is 10. The molecule has 0 saturated carbocycles. The van der Waals surface area contributed by atoms with Gasteiger partial charge in [-0.05, 0) is 118 Å². The lowest BCUT2D eigenvalue weighted by Gasteiger charge is -2.38. The van der Waals surface area contributed by atoms with Crippen LogP contribution in [0.15, 0.2) is 200 Å². The molecule has 0 unspecified atom stereocenters. The molecule has 10 aromatic rings. The van der Waals surface area contributed by atoms with Gasteiger partial charge in [-0.15, -0.1) is 0 Å². The lowest BCUT2D eigenvalue weighted by Crippen LogP contribution is -2.24. The maximum Gasteiger partial charge on any atom is 0.0546 e. The standard InChI is InChI=1S/C55H39N/c1-55(2)50-32-26-40(37-16-7-4-8-17-37)34-49(50)54-52(33-27-39-18-13-23-51(55)53(39)54)56(41-28-24-38(25-29-41)36-14-5-3-6-15-36)42-30-31-47-45-21-10-9-19-43(45)44-20-11-12-22-46(44)48(47)35-42/h3-35H,1-2H3. The maximum atomic E-state index is 2.50. The quantitative estimate of drug-likeness (QED) is 0.161. The van der Waals surface area contributed by atoms with E-state index in [1.807, 2.05) is 0 Å². The Kier molecular flexibility index (Phi) is 7.28. The molecule has 1 aliphatic carbocycles. The Morgan fingerprint density at radius 1 is 0.357 bits per heavy atom. The average molecular weight is 714 g/mol. The predicted molar refractivity (Wildman–Crippen MR) is 240 cm³/mol. The summed E-state index contributed by atoms with van der Waals surface area (Å²) in [6.45, 7) is 4.77. The predicted octanol–water partition coefficient (Wildman–Crippen LogP) is 15.4. The van der Waals surface area contributed by atoms with Crippen LogP contribution in [0.25, 0.3) is 76.5 Å². The lowest BCUT2D eigenvalue weighted by molar-refractivity contribution is 0.645. The van der Waals surface area contributed by atoms with Gasteiger partial charge in [-0.1, -0.05) is 178 Å². The molecule has 0 aromatic heterocycles. The molecule has 11 rings (SSSR count). The first-order chi connectivity index (χ1) is 27.5. The van der Waals surface area contributed by atoms with E-state index in [0.29, 0.717) is 0 Å². The molecule has 0 amide bonds. The van der Waals surface area contributed by atoms with E-state index in [9.17, 15) is 0 Å². The van der Waals surface area contributed by atoms with Crippen molar-refractivity contribution in [1.82, 2.24) is 0 Å². The van der Waals surface area contributed by atoms with Gasteiger partial charge in [0.25, 0.3) is 0 Å². The summed E-state index contributed by atoms with van der Waals surface area (Å²) in [4.78, 5) is 2.50. The van der Waals surface area contributed by atoms with Crippen LogP contribution in [0.3, 0.4) is 0 Å². The van der Waals surface area contributed by atoms with Crippen molar-refractivity contribution < 1.29 is 0 Å². The fourth-order valence-electron chi connectivity index (χ4n) is 9.49. The zero-order valence-corrected chi connectivity index (χ0v) is 31.5. The fraction of sp³-hybridized carbons (Fsp3) is 0.0545. The Morgan fingerprint density at radius 2 is 0.893 bits per heavy atom. The third-order valence-electron chi connectivity index (χ3n) is 12.2. The highest BCUT2D eigenvalue weighted by atomic mass is 15.1. The first-order valence-corrected chi connectivity index (χ1v) is 19.6. The average Bonchev–Trinajstić information content (AvgIpc) is 3.26. The highest BCUT2D eigenvalue weighted by Gasteiger charge is 2.36. The molecule has 0 heterocycles. The van der Waals surface area contributed by atoms with E-state index in [-0.39, 0.29) is 5.41 Å². The van der Waals surface area contributed by atoms with E-state index in [4.69, 9.17) is 0 Å². The number of rotatable bonds is 5. The molecule has 0 N–H and O–H groups in total. The van der Waals surface area contributed by atoms with Crippen LogP contribution in [0.4, 0.5) is 17.1 Å². The first kappa shape index (κ1) is 32.5. The molecule has 0 atom stereocenters. The minimum atomic E-state index is -0.180. The zero-order chi connectivity index (χ0) is 37.4. The van der Waals surface area contributed by atoms with Crippen molar-refractivity contribution in [1.29, 1.82) is 0 Å². The van der Waals surface area contributed by atoms with Gasteiger partial charge in [0.05, 0.1) is 5.69 Å². The van der Waals surface area contributed by atoms with Crippen LogP contribution < -0.4 is 4.90 Å². The lowest BCUT2D eigenvalue weighted by atomic mass is 9.67. The highest BCUT2D eigenvalue weighted by Crippen LogP contribution is 2.54. The van der Waals surface area contributed by atoms with Crippen LogP contribution >= 0.6 is 0 Å². The van der Waals surface area contributed by atoms with Crippen molar-refractivity contribution in [3.8, 4) is 33.4 Å². The highest BCUT2D eigenvalue weighted by molar-refractivity contribution is 6.26. The molecule has 0 fully saturated rings. The fourth-order valence-corrected chi connectivity index (χ4v) is 9.49. The second-order valence-corrected chi connectivity index (χ2v) is 15.7. The van der Waals surface area contributed by atoms with Crippen LogP contribution in [0, 0.1) is 0 Å². The van der Waals surface area contributed by atoms with Gasteiger partial charge in [0.15, 0.2) is 0 Å². The molecule has 0 bridgehead atoms. The van der Waals surface area contributed by atoms with Gasteiger partial charge in [-0.2, -0.15) is 0 Å². The van der Waals surface area contributed by atoms with Crippen molar-refractivity contribution in [3.05, 3.63) is 211 Å². The van der Waals surface area contributed by atoms with Crippen molar-refractivity contribution in [3.63, 3.8) is 0 Å². The minimum Gasteiger partial charge on any atom is -0.310 e. The number of hydrogen-bond donors (Lipinski definition) is 0. The smallest absolute Gasteiger partial charge is 0.0546 e. The molecule has 1 nitrogen and oxygen atoms in total. The van der Waals surface area contributed by atoms with Crippen LogP contribution in [0.5, 0.6) is 0 Å². The summed E-state index contributed by atoms with van der Waals surface area (Å²) in [5, 5.41) is 10.2. The monoisotopic (exact) mass is 713 g/mol. The van der Waals surface area contributed by atoms with Gasteiger partial charge in [-0.3, -0.25) is 0 Å². The van der Waals surface area contributed by atoms with Gasteiger partial charge >= 0.3 is 0 Å². The summed E-state index contributed by atoms with van der Waals surface area (Å²) >= 11 is 0. The second-order valence-electron chi connectivity index (χ2n) is 15.7. The van der Waals surface area contributed by atoms with Gasteiger partial charge in [0.1, 0.15) is 0 Å². The van der Waals surface area contributed by atoms with Crippen LogP contribution in [0.2, 0.25) is 0 Å². The van der Waals surface area contributed by atoms with Crippen molar-refractivity contribution in [2.45, 2.75) is 19.3 Å². The molecule has 56 heavy (non-hydrogen) atoms.